The van der Waals surface area contributed by atoms with Gasteiger partial charge in [0, 0.05) is 13.5 Å². The topological polar surface area (TPSA) is 47.3 Å². The summed E-state index contributed by atoms with van der Waals surface area (Å²) >= 11 is 0. The molecule has 2 atom stereocenters. The SMILES string of the molecule is CC#CCCC(NN)C(OC)c1ccccc1. The van der Waals surface area contributed by atoms with E-state index in [4.69, 9.17) is 10.6 Å². The second-order valence-electron chi connectivity index (χ2n) is 3.81. The standard InChI is InChI=1S/C14H20N2O/c1-3-4-6-11-13(16-15)14(17-2)12-9-7-5-8-10-12/h5,7-10,13-14,16H,6,11,15H2,1-2H3. The molecule has 3 nitrogen and oxygen atoms in total. The Morgan fingerprint density at radius 3 is 2.59 bits per heavy atom. The summed E-state index contributed by atoms with van der Waals surface area (Å²) in [5, 5.41) is 0. The highest BCUT2D eigenvalue weighted by Gasteiger charge is 2.20. The lowest BCUT2D eigenvalue weighted by molar-refractivity contribution is 0.0654. The van der Waals surface area contributed by atoms with E-state index in [1.54, 1.807) is 7.11 Å². The average Bonchev–Trinajstić information content (AvgIpc) is 2.39. The Morgan fingerprint density at radius 1 is 1.35 bits per heavy atom. The van der Waals surface area contributed by atoms with Crippen LogP contribution in [-0.2, 0) is 4.74 Å². The van der Waals surface area contributed by atoms with E-state index in [1.807, 2.05) is 37.3 Å². The zero-order valence-electron chi connectivity index (χ0n) is 10.4. The van der Waals surface area contributed by atoms with E-state index in [0.29, 0.717) is 0 Å². The molecule has 0 heterocycles. The van der Waals surface area contributed by atoms with Crippen LogP contribution in [0.15, 0.2) is 30.3 Å². The maximum absolute atomic E-state index is 5.59. The molecule has 0 radical (unpaired) electrons. The second-order valence-corrected chi connectivity index (χ2v) is 3.81. The van der Waals surface area contributed by atoms with Crippen molar-refractivity contribution >= 4 is 0 Å². The van der Waals surface area contributed by atoms with Crippen LogP contribution in [0.1, 0.15) is 31.4 Å². The van der Waals surface area contributed by atoms with Gasteiger partial charge in [-0.15, -0.1) is 11.8 Å². The molecule has 0 aliphatic carbocycles. The number of methoxy groups -OCH3 is 1. The molecule has 17 heavy (non-hydrogen) atoms. The Balaban J connectivity index is 2.72. The summed E-state index contributed by atoms with van der Waals surface area (Å²) in [6, 6.07) is 10.2. The van der Waals surface area contributed by atoms with Crippen molar-refractivity contribution in [2.75, 3.05) is 7.11 Å². The van der Waals surface area contributed by atoms with E-state index in [2.05, 4.69) is 17.3 Å². The highest BCUT2D eigenvalue weighted by atomic mass is 16.5. The first-order chi connectivity index (χ1) is 8.33. The third-order valence-electron chi connectivity index (χ3n) is 2.72. The van der Waals surface area contributed by atoms with Crippen LogP contribution < -0.4 is 11.3 Å². The van der Waals surface area contributed by atoms with Gasteiger partial charge in [0.15, 0.2) is 0 Å². The smallest absolute Gasteiger partial charge is 0.0987 e. The Morgan fingerprint density at radius 2 is 2.06 bits per heavy atom. The fourth-order valence-electron chi connectivity index (χ4n) is 1.85. The van der Waals surface area contributed by atoms with Crippen LogP contribution in [0.4, 0.5) is 0 Å². The zero-order chi connectivity index (χ0) is 12.5. The van der Waals surface area contributed by atoms with Gasteiger partial charge < -0.3 is 4.74 Å². The molecule has 0 fully saturated rings. The maximum Gasteiger partial charge on any atom is 0.0987 e. The molecule has 0 aliphatic rings. The van der Waals surface area contributed by atoms with Crippen molar-refractivity contribution in [3.63, 3.8) is 0 Å². The molecular weight excluding hydrogens is 212 g/mol. The van der Waals surface area contributed by atoms with Crippen LogP contribution in [-0.4, -0.2) is 13.2 Å². The third-order valence-corrected chi connectivity index (χ3v) is 2.72. The first kappa shape index (κ1) is 13.7. The molecular formula is C14H20N2O. The van der Waals surface area contributed by atoms with Gasteiger partial charge in [0.05, 0.1) is 12.1 Å². The molecule has 0 aliphatic heterocycles. The highest BCUT2D eigenvalue weighted by molar-refractivity contribution is 5.19. The third kappa shape index (κ3) is 4.20. The number of benzene rings is 1. The molecule has 0 saturated heterocycles. The monoisotopic (exact) mass is 232 g/mol. The van der Waals surface area contributed by atoms with Gasteiger partial charge in [-0.3, -0.25) is 11.3 Å². The average molecular weight is 232 g/mol. The number of nitrogens with two attached hydrogens (primary N) is 1. The minimum Gasteiger partial charge on any atom is -0.375 e. The Labute approximate surface area is 103 Å². The van der Waals surface area contributed by atoms with Crippen molar-refractivity contribution in [1.82, 2.24) is 5.43 Å². The molecule has 1 aromatic rings. The first-order valence-corrected chi connectivity index (χ1v) is 5.77. The van der Waals surface area contributed by atoms with Crippen LogP contribution in [0, 0.1) is 11.8 Å². The molecule has 0 saturated carbocycles. The first-order valence-electron chi connectivity index (χ1n) is 5.77. The van der Waals surface area contributed by atoms with Crippen LogP contribution in [0.5, 0.6) is 0 Å². The second kappa shape index (κ2) is 7.86. The summed E-state index contributed by atoms with van der Waals surface area (Å²) < 4.78 is 5.53. The van der Waals surface area contributed by atoms with Gasteiger partial charge in [-0.05, 0) is 18.9 Å². The predicted octanol–water partition coefficient (Wildman–Crippen LogP) is 2.01. The molecule has 1 rings (SSSR count). The molecule has 1 aromatic carbocycles. The van der Waals surface area contributed by atoms with Crippen molar-refractivity contribution in [2.45, 2.75) is 31.9 Å². The van der Waals surface area contributed by atoms with Gasteiger partial charge in [-0.1, -0.05) is 30.3 Å². The molecule has 0 spiro atoms. The Bertz CT molecular complexity index is 367. The molecule has 3 heteroatoms. The van der Waals surface area contributed by atoms with E-state index in [9.17, 15) is 0 Å². The lowest BCUT2D eigenvalue weighted by atomic mass is 9.99. The number of hydrogen-bond donors (Lipinski definition) is 2. The summed E-state index contributed by atoms with van der Waals surface area (Å²) in [6.45, 7) is 1.84. The quantitative estimate of drug-likeness (QED) is 0.448. The van der Waals surface area contributed by atoms with E-state index in [0.717, 1.165) is 18.4 Å². The predicted molar refractivity (Wildman–Crippen MR) is 70.0 cm³/mol. The molecule has 3 N–H and O–H groups in total. The number of rotatable bonds is 6. The van der Waals surface area contributed by atoms with E-state index >= 15 is 0 Å². The van der Waals surface area contributed by atoms with Crippen molar-refractivity contribution in [3.8, 4) is 11.8 Å². The Kier molecular flexibility index (Phi) is 6.34. The molecule has 0 aromatic heterocycles. The van der Waals surface area contributed by atoms with Crippen molar-refractivity contribution < 1.29 is 4.74 Å². The van der Waals surface area contributed by atoms with Crippen molar-refractivity contribution in [3.05, 3.63) is 35.9 Å². The van der Waals surface area contributed by atoms with Crippen molar-refractivity contribution in [1.29, 1.82) is 0 Å². The van der Waals surface area contributed by atoms with Gasteiger partial charge in [-0.25, -0.2) is 0 Å². The van der Waals surface area contributed by atoms with Crippen LogP contribution in [0.2, 0.25) is 0 Å². The number of ether oxygens (including phenoxy) is 1. The fraction of sp³-hybridized carbons (Fsp3) is 0.429. The van der Waals surface area contributed by atoms with E-state index in [-0.39, 0.29) is 12.1 Å². The molecule has 0 amide bonds. The van der Waals surface area contributed by atoms with Crippen LogP contribution >= 0.6 is 0 Å². The summed E-state index contributed by atoms with van der Waals surface area (Å²) in [4.78, 5) is 0. The number of nitrogens with one attached hydrogen (secondary N) is 1. The van der Waals surface area contributed by atoms with Crippen LogP contribution in [0.3, 0.4) is 0 Å². The summed E-state index contributed by atoms with van der Waals surface area (Å²) in [6.07, 6.45) is 1.64. The van der Waals surface area contributed by atoms with E-state index < -0.39 is 0 Å². The Hall–Kier alpha value is -1.34. The van der Waals surface area contributed by atoms with Crippen LogP contribution in [0.25, 0.3) is 0 Å². The highest BCUT2D eigenvalue weighted by Crippen LogP contribution is 2.22. The molecule has 92 valence electrons. The van der Waals surface area contributed by atoms with Gasteiger partial charge in [-0.2, -0.15) is 0 Å². The lowest BCUT2D eigenvalue weighted by Gasteiger charge is -2.25. The molecule has 0 bridgehead atoms. The largest absolute Gasteiger partial charge is 0.375 e. The zero-order valence-corrected chi connectivity index (χ0v) is 10.4. The minimum atomic E-state index is -0.0418. The lowest BCUT2D eigenvalue weighted by Crippen LogP contribution is -2.40. The normalized spacial score (nSPS) is 13.6. The summed E-state index contributed by atoms with van der Waals surface area (Å²) in [7, 11) is 1.70. The van der Waals surface area contributed by atoms with Gasteiger partial charge in [0.2, 0.25) is 0 Å². The molecule has 2 unspecified atom stereocenters. The van der Waals surface area contributed by atoms with Crippen molar-refractivity contribution in [2.24, 2.45) is 5.84 Å². The van der Waals surface area contributed by atoms with Gasteiger partial charge >= 0.3 is 0 Å². The fourth-order valence-corrected chi connectivity index (χ4v) is 1.85. The summed E-state index contributed by atoms with van der Waals surface area (Å²) in [5.74, 6) is 11.5. The van der Waals surface area contributed by atoms with Gasteiger partial charge in [0.25, 0.3) is 0 Å². The number of hydrogen-bond acceptors (Lipinski definition) is 3. The maximum atomic E-state index is 5.59. The van der Waals surface area contributed by atoms with Gasteiger partial charge in [0.1, 0.15) is 0 Å². The van der Waals surface area contributed by atoms with E-state index in [1.165, 1.54) is 0 Å². The summed E-state index contributed by atoms with van der Waals surface area (Å²) in [5.41, 5.74) is 3.94. The number of hydrazine groups is 1. The minimum absolute atomic E-state index is 0.0418.